The Morgan fingerprint density at radius 2 is 1.67 bits per heavy atom. The quantitative estimate of drug-likeness (QED) is 0.834. The molecule has 0 amide bonds. The van der Waals surface area contributed by atoms with Gasteiger partial charge in [0.2, 0.25) is 0 Å². The Bertz CT molecular complexity index is 491. The Balaban J connectivity index is 1.95. The summed E-state index contributed by atoms with van der Waals surface area (Å²) in [7, 11) is 0. The van der Waals surface area contributed by atoms with Gasteiger partial charge in [-0.05, 0) is 42.3 Å². The van der Waals surface area contributed by atoms with Crippen LogP contribution in [0.25, 0.3) is 0 Å². The van der Waals surface area contributed by atoms with Gasteiger partial charge in [0.1, 0.15) is 5.82 Å². The van der Waals surface area contributed by atoms with Gasteiger partial charge in [0.25, 0.3) is 0 Å². The first kappa shape index (κ1) is 13.1. The highest BCUT2D eigenvalue weighted by atomic mass is 32.2. The van der Waals surface area contributed by atoms with E-state index in [0.29, 0.717) is 0 Å². The summed E-state index contributed by atoms with van der Waals surface area (Å²) in [6, 6.07) is 14.4. The van der Waals surface area contributed by atoms with Crippen molar-refractivity contribution < 1.29 is 9.50 Å². The Labute approximate surface area is 111 Å². The summed E-state index contributed by atoms with van der Waals surface area (Å²) in [5.74, 6) is 0.610. The Hall–Kier alpha value is -1.32. The molecule has 94 valence electrons. The lowest BCUT2D eigenvalue weighted by molar-refractivity contribution is 0.199. The van der Waals surface area contributed by atoms with Crippen LogP contribution in [0.3, 0.4) is 0 Å². The van der Waals surface area contributed by atoms with Gasteiger partial charge in [0.05, 0.1) is 6.10 Å². The molecule has 3 heteroatoms. The molecule has 2 rings (SSSR count). The average Bonchev–Trinajstić information content (AvgIpc) is 2.38. The highest BCUT2D eigenvalue weighted by Crippen LogP contribution is 2.24. The number of halogens is 1. The van der Waals surface area contributed by atoms with Crippen LogP contribution in [-0.4, -0.2) is 5.11 Å². The molecule has 0 fully saturated rings. The Morgan fingerprint density at radius 1 is 1.06 bits per heavy atom. The molecule has 0 radical (unpaired) electrons. The van der Waals surface area contributed by atoms with Gasteiger partial charge in [-0.1, -0.05) is 24.3 Å². The molecule has 1 nitrogen and oxygen atoms in total. The van der Waals surface area contributed by atoms with E-state index in [9.17, 15) is 9.50 Å². The molecular weight excluding hydrogens is 247 g/mol. The fourth-order valence-electron chi connectivity index (χ4n) is 1.59. The number of hydrogen-bond donors (Lipinski definition) is 1. The van der Waals surface area contributed by atoms with E-state index in [0.717, 1.165) is 21.8 Å². The average molecular weight is 262 g/mol. The van der Waals surface area contributed by atoms with Crippen molar-refractivity contribution in [2.24, 2.45) is 0 Å². The van der Waals surface area contributed by atoms with E-state index in [-0.39, 0.29) is 5.82 Å². The molecule has 0 bridgehead atoms. The minimum absolute atomic E-state index is 0.204. The van der Waals surface area contributed by atoms with E-state index in [4.69, 9.17) is 0 Å². The zero-order valence-corrected chi connectivity index (χ0v) is 11.0. The number of hydrogen-bond acceptors (Lipinski definition) is 2. The number of thioether (sulfide) groups is 1. The highest BCUT2D eigenvalue weighted by molar-refractivity contribution is 7.98. The van der Waals surface area contributed by atoms with Crippen LogP contribution in [0.4, 0.5) is 4.39 Å². The second kappa shape index (κ2) is 6.03. The van der Waals surface area contributed by atoms with E-state index in [1.807, 2.05) is 24.3 Å². The van der Waals surface area contributed by atoms with Crippen LogP contribution < -0.4 is 0 Å². The summed E-state index contributed by atoms with van der Waals surface area (Å²) in [4.78, 5) is 1.14. The Kier molecular flexibility index (Phi) is 4.39. The molecule has 0 saturated carbocycles. The summed E-state index contributed by atoms with van der Waals surface area (Å²) >= 11 is 1.70. The number of rotatable bonds is 4. The molecule has 18 heavy (non-hydrogen) atoms. The van der Waals surface area contributed by atoms with E-state index in [2.05, 4.69) is 0 Å². The van der Waals surface area contributed by atoms with Crippen LogP contribution in [0.15, 0.2) is 53.4 Å². The molecule has 1 N–H and O–H groups in total. The molecular formula is C15H15FOS. The highest BCUT2D eigenvalue weighted by Gasteiger charge is 2.01. The van der Waals surface area contributed by atoms with Crippen molar-refractivity contribution in [2.75, 3.05) is 0 Å². The predicted molar refractivity (Wildman–Crippen MR) is 73.0 cm³/mol. The van der Waals surface area contributed by atoms with E-state index in [1.54, 1.807) is 30.8 Å². The van der Waals surface area contributed by atoms with Gasteiger partial charge in [0.15, 0.2) is 0 Å². The lowest BCUT2D eigenvalue weighted by atomic mass is 10.1. The molecule has 0 aliphatic heterocycles. The Morgan fingerprint density at radius 3 is 2.22 bits per heavy atom. The molecule has 0 aliphatic rings. The lowest BCUT2D eigenvalue weighted by Crippen LogP contribution is -1.89. The third kappa shape index (κ3) is 3.59. The van der Waals surface area contributed by atoms with E-state index in [1.165, 1.54) is 12.1 Å². The van der Waals surface area contributed by atoms with Crippen molar-refractivity contribution in [3.8, 4) is 0 Å². The van der Waals surface area contributed by atoms with E-state index < -0.39 is 6.10 Å². The van der Waals surface area contributed by atoms with Crippen LogP contribution >= 0.6 is 11.8 Å². The van der Waals surface area contributed by atoms with Crippen LogP contribution in [0.1, 0.15) is 24.2 Å². The summed E-state index contributed by atoms with van der Waals surface area (Å²) < 4.78 is 12.7. The molecule has 0 spiro atoms. The van der Waals surface area contributed by atoms with Crippen LogP contribution in [0.5, 0.6) is 0 Å². The molecule has 1 unspecified atom stereocenters. The van der Waals surface area contributed by atoms with Crippen molar-refractivity contribution in [2.45, 2.75) is 23.7 Å². The second-order valence-corrected chi connectivity index (χ2v) is 5.21. The van der Waals surface area contributed by atoms with E-state index >= 15 is 0 Å². The SMILES string of the molecule is CC(O)c1ccc(SCc2ccc(F)cc2)cc1. The first-order chi connectivity index (χ1) is 8.65. The first-order valence-corrected chi connectivity index (χ1v) is 6.79. The molecule has 2 aromatic rings. The summed E-state index contributed by atoms with van der Waals surface area (Å²) in [6.07, 6.45) is -0.429. The second-order valence-electron chi connectivity index (χ2n) is 4.16. The van der Waals surface area contributed by atoms with Gasteiger partial charge in [0, 0.05) is 10.6 Å². The van der Waals surface area contributed by atoms with Gasteiger partial charge in [-0.3, -0.25) is 0 Å². The third-order valence-corrected chi connectivity index (χ3v) is 3.76. The van der Waals surface area contributed by atoms with Crippen molar-refractivity contribution in [1.82, 2.24) is 0 Å². The fourth-order valence-corrected chi connectivity index (χ4v) is 2.44. The largest absolute Gasteiger partial charge is 0.389 e. The maximum absolute atomic E-state index is 12.7. The van der Waals surface area contributed by atoms with Crippen molar-refractivity contribution in [3.05, 3.63) is 65.5 Å². The van der Waals surface area contributed by atoms with Crippen LogP contribution in [-0.2, 0) is 5.75 Å². The smallest absolute Gasteiger partial charge is 0.123 e. The molecule has 2 aromatic carbocycles. The van der Waals surface area contributed by atoms with Crippen molar-refractivity contribution in [1.29, 1.82) is 0 Å². The number of benzene rings is 2. The van der Waals surface area contributed by atoms with Gasteiger partial charge in [-0.2, -0.15) is 0 Å². The normalized spacial score (nSPS) is 12.4. The van der Waals surface area contributed by atoms with Gasteiger partial charge < -0.3 is 5.11 Å². The number of aliphatic hydroxyl groups is 1. The summed E-state index contributed by atoms with van der Waals surface area (Å²) in [5.41, 5.74) is 2.02. The molecule has 1 atom stereocenters. The first-order valence-electron chi connectivity index (χ1n) is 5.80. The zero-order chi connectivity index (χ0) is 13.0. The molecule has 0 saturated heterocycles. The third-order valence-electron chi connectivity index (χ3n) is 2.68. The molecule has 0 aliphatic carbocycles. The zero-order valence-electron chi connectivity index (χ0n) is 10.1. The maximum atomic E-state index is 12.7. The summed E-state index contributed by atoms with van der Waals surface area (Å²) in [5, 5.41) is 9.41. The predicted octanol–water partition coefficient (Wildman–Crippen LogP) is 4.17. The van der Waals surface area contributed by atoms with Gasteiger partial charge >= 0.3 is 0 Å². The minimum Gasteiger partial charge on any atom is -0.389 e. The lowest BCUT2D eigenvalue weighted by Gasteiger charge is -2.06. The minimum atomic E-state index is -0.429. The van der Waals surface area contributed by atoms with Gasteiger partial charge in [-0.25, -0.2) is 4.39 Å². The standard InChI is InChI=1S/C15H15FOS/c1-11(17)13-4-8-15(9-5-13)18-10-12-2-6-14(16)7-3-12/h2-9,11,17H,10H2,1H3. The fraction of sp³-hybridized carbons (Fsp3) is 0.200. The molecule has 0 heterocycles. The maximum Gasteiger partial charge on any atom is 0.123 e. The molecule has 0 aromatic heterocycles. The van der Waals surface area contributed by atoms with Crippen LogP contribution in [0, 0.1) is 5.82 Å². The number of aliphatic hydroxyl groups excluding tert-OH is 1. The van der Waals surface area contributed by atoms with Gasteiger partial charge in [-0.15, -0.1) is 11.8 Å². The monoisotopic (exact) mass is 262 g/mol. The summed E-state index contributed by atoms with van der Waals surface area (Å²) in [6.45, 7) is 1.75. The topological polar surface area (TPSA) is 20.2 Å². The van der Waals surface area contributed by atoms with Crippen molar-refractivity contribution in [3.63, 3.8) is 0 Å². The van der Waals surface area contributed by atoms with Crippen LogP contribution in [0.2, 0.25) is 0 Å². The van der Waals surface area contributed by atoms with Crippen molar-refractivity contribution >= 4 is 11.8 Å².